The Kier molecular flexibility index (Phi) is 7.54. The van der Waals surface area contributed by atoms with Crippen LogP contribution in [0.5, 0.6) is 5.75 Å². The number of esters is 1. The van der Waals surface area contributed by atoms with E-state index >= 15 is 4.39 Å². The largest absolute Gasteiger partial charge is 0.493 e. The van der Waals surface area contributed by atoms with Crippen LogP contribution in [0.2, 0.25) is 0 Å². The normalized spacial score (nSPS) is 30.0. The first-order valence-corrected chi connectivity index (χ1v) is 16.7. The van der Waals surface area contributed by atoms with E-state index in [0.29, 0.717) is 29.2 Å². The molecule has 0 atom stereocenters. The molecule has 4 saturated carbocycles. The number of hydrogen-bond donors (Lipinski definition) is 0. The highest BCUT2D eigenvalue weighted by Gasteiger charge is 2.52. The van der Waals surface area contributed by atoms with Crippen molar-refractivity contribution >= 4 is 11.7 Å². The molecule has 6 heteroatoms. The number of aryl methyl sites for hydroxylation is 1. The molecule has 230 valence electrons. The fourth-order valence-electron chi connectivity index (χ4n) is 7.90. The second kappa shape index (κ2) is 11.2. The second-order valence-corrected chi connectivity index (χ2v) is 14.6. The minimum atomic E-state index is -0.370. The van der Waals surface area contributed by atoms with Crippen molar-refractivity contribution in [3.05, 3.63) is 52.8 Å². The molecule has 2 aromatic carbocycles. The maximum atomic E-state index is 15.5. The Morgan fingerprint density at radius 3 is 2.42 bits per heavy atom. The predicted octanol–water partition coefficient (Wildman–Crippen LogP) is 8.56. The van der Waals surface area contributed by atoms with E-state index in [1.807, 2.05) is 13.0 Å². The number of halogens is 1. The summed E-state index contributed by atoms with van der Waals surface area (Å²) in [5.74, 6) is 2.69. The van der Waals surface area contributed by atoms with Crippen LogP contribution in [0.4, 0.5) is 4.39 Å². The van der Waals surface area contributed by atoms with Gasteiger partial charge in [0.15, 0.2) is 0 Å². The summed E-state index contributed by atoms with van der Waals surface area (Å²) in [5, 5.41) is 4.61. The standard InChI is InChI=1S/C37H46FNO4/c1-4-23-7-10-29(31(38)17-23)34-30(27-8-9-27)16-25(18-33(34)42-22-24-5-6-24)15-26-19-37(20-26)21-32(39-43-37)28-11-13-36(2,14-12-28)35(40)41-3/h7,10,16-18,24,26-28H,4-6,8-9,11-15,19-22H2,1-3H3. The number of nitrogens with zero attached hydrogens (tertiary/aromatic N) is 1. The van der Waals surface area contributed by atoms with Gasteiger partial charge in [-0.05, 0) is 131 Å². The molecule has 0 aromatic heterocycles. The van der Waals surface area contributed by atoms with Crippen LogP contribution >= 0.6 is 0 Å². The smallest absolute Gasteiger partial charge is 0.311 e. The summed E-state index contributed by atoms with van der Waals surface area (Å²) in [6.45, 7) is 4.81. The Morgan fingerprint density at radius 2 is 1.77 bits per heavy atom. The fraction of sp³-hybridized carbons (Fsp3) is 0.622. The number of carbonyl (C=O) groups excluding carboxylic acids is 1. The van der Waals surface area contributed by atoms with Crippen molar-refractivity contribution in [1.82, 2.24) is 0 Å². The van der Waals surface area contributed by atoms with Gasteiger partial charge in [-0.15, -0.1) is 0 Å². The van der Waals surface area contributed by atoms with E-state index in [2.05, 4.69) is 30.3 Å². The van der Waals surface area contributed by atoms with Gasteiger partial charge in [-0.25, -0.2) is 4.39 Å². The molecule has 1 aliphatic heterocycles. The van der Waals surface area contributed by atoms with E-state index in [9.17, 15) is 4.79 Å². The maximum absolute atomic E-state index is 15.5. The topological polar surface area (TPSA) is 57.1 Å². The van der Waals surface area contributed by atoms with Crippen molar-refractivity contribution in [3.8, 4) is 16.9 Å². The quantitative estimate of drug-likeness (QED) is 0.261. The summed E-state index contributed by atoms with van der Waals surface area (Å²) in [4.78, 5) is 18.4. The van der Waals surface area contributed by atoms with E-state index < -0.39 is 0 Å². The van der Waals surface area contributed by atoms with Gasteiger partial charge in [0.2, 0.25) is 0 Å². The zero-order chi connectivity index (χ0) is 29.8. The number of ether oxygens (including phenoxy) is 2. The van der Waals surface area contributed by atoms with Crippen LogP contribution in [0, 0.1) is 29.0 Å². The molecule has 4 aliphatic carbocycles. The van der Waals surface area contributed by atoms with Gasteiger partial charge in [0.25, 0.3) is 0 Å². The van der Waals surface area contributed by atoms with Crippen LogP contribution in [0.3, 0.4) is 0 Å². The monoisotopic (exact) mass is 587 g/mol. The number of methoxy groups -OCH3 is 1. The predicted molar refractivity (Wildman–Crippen MR) is 166 cm³/mol. The Labute approximate surface area is 255 Å². The van der Waals surface area contributed by atoms with Gasteiger partial charge < -0.3 is 14.3 Å². The van der Waals surface area contributed by atoms with Crippen molar-refractivity contribution in [3.63, 3.8) is 0 Å². The maximum Gasteiger partial charge on any atom is 0.311 e. The zero-order valence-electron chi connectivity index (χ0n) is 26.1. The van der Waals surface area contributed by atoms with Gasteiger partial charge >= 0.3 is 5.97 Å². The highest BCUT2D eigenvalue weighted by Crippen LogP contribution is 2.53. The molecule has 0 radical (unpaired) electrons. The van der Waals surface area contributed by atoms with E-state index in [1.54, 1.807) is 6.07 Å². The van der Waals surface area contributed by atoms with Gasteiger partial charge in [0.1, 0.15) is 17.2 Å². The lowest BCUT2D eigenvalue weighted by Crippen LogP contribution is -2.45. The molecule has 4 fully saturated rings. The molecule has 43 heavy (non-hydrogen) atoms. The lowest BCUT2D eigenvalue weighted by Gasteiger charge is -2.43. The van der Waals surface area contributed by atoms with Gasteiger partial charge in [0, 0.05) is 23.5 Å². The summed E-state index contributed by atoms with van der Waals surface area (Å²) >= 11 is 0. The summed E-state index contributed by atoms with van der Waals surface area (Å²) in [6.07, 6.45) is 13.1. The molecular formula is C37H46FNO4. The lowest BCUT2D eigenvalue weighted by atomic mass is 9.64. The van der Waals surface area contributed by atoms with Crippen molar-refractivity contribution in [2.24, 2.45) is 28.3 Å². The van der Waals surface area contributed by atoms with Crippen LogP contribution in [0.1, 0.15) is 107 Å². The van der Waals surface area contributed by atoms with Crippen LogP contribution in [-0.2, 0) is 27.2 Å². The minimum Gasteiger partial charge on any atom is -0.493 e. The number of benzene rings is 2. The molecule has 1 heterocycles. The Balaban J connectivity index is 1.04. The first-order chi connectivity index (χ1) is 20.8. The number of hydrogen-bond acceptors (Lipinski definition) is 5. The average molecular weight is 588 g/mol. The van der Waals surface area contributed by atoms with Gasteiger partial charge in [-0.2, -0.15) is 0 Å². The van der Waals surface area contributed by atoms with Crippen LogP contribution in [0.15, 0.2) is 35.5 Å². The molecular weight excluding hydrogens is 541 g/mol. The van der Waals surface area contributed by atoms with Gasteiger partial charge in [-0.1, -0.05) is 30.3 Å². The first-order valence-electron chi connectivity index (χ1n) is 16.7. The van der Waals surface area contributed by atoms with E-state index in [-0.39, 0.29) is 22.8 Å². The van der Waals surface area contributed by atoms with E-state index in [0.717, 1.165) is 94.1 Å². The minimum absolute atomic E-state index is 0.0904. The molecule has 0 amide bonds. The third-order valence-electron chi connectivity index (χ3n) is 11.0. The molecule has 5 nitrogen and oxygen atoms in total. The lowest BCUT2D eigenvalue weighted by molar-refractivity contribution is -0.153. The van der Waals surface area contributed by atoms with Crippen molar-refractivity contribution in [1.29, 1.82) is 0 Å². The summed E-state index contributed by atoms with van der Waals surface area (Å²) < 4.78 is 27.0. The highest BCUT2D eigenvalue weighted by atomic mass is 19.1. The third kappa shape index (κ3) is 5.83. The Bertz CT molecular complexity index is 1410. The molecule has 0 unspecified atom stereocenters. The zero-order valence-corrected chi connectivity index (χ0v) is 26.1. The molecule has 2 aromatic rings. The van der Waals surface area contributed by atoms with Gasteiger partial charge in [0.05, 0.1) is 24.8 Å². The number of carbonyl (C=O) groups is 1. The van der Waals surface area contributed by atoms with E-state index in [4.69, 9.17) is 14.3 Å². The third-order valence-corrected chi connectivity index (χ3v) is 11.0. The molecule has 0 bridgehead atoms. The van der Waals surface area contributed by atoms with Crippen LogP contribution in [-0.4, -0.2) is 31.0 Å². The highest BCUT2D eigenvalue weighted by molar-refractivity contribution is 5.89. The second-order valence-electron chi connectivity index (χ2n) is 14.6. The summed E-state index contributed by atoms with van der Waals surface area (Å²) in [6, 6.07) is 10.3. The van der Waals surface area contributed by atoms with Crippen molar-refractivity contribution < 1.29 is 23.5 Å². The summed E-state index contributed by atoms with van der Waals surface area (Å²) in [7, 11) is 1.49. The van der Waals surface area contributed by atoms with Crippen LogP contribution in [0.25, 0.3) is 11.1 Å². The first kappa shape index (κ1) is 28.9. The van der Waals surface area contributed by atoms with Gasteiger partial charge in [-0.3, -0.25) is 4.79 Å². The van der Waals surface area contributed by atoms with E-state index in [1.165, 1.54) is 36.8 Å². The van der Waals surface area contributed by atoms with Crippen molar-refractivity contribution in [2.45, 2.75) is 109 Å². The Hall–Kier alpha value is -2.89. The molecule has 5 aliphatic rings. The average Bonchev–Trinajstić information content (AvgIpc) is 3.94. The molecule has 1 spiro atoms. The SMILES string of the molecule is CCc1ccc(-c2c(OCC3CC3)cc(CC3CC4(CC(C5CCC(C)(C(=O)OC)CC5)=NO4)C3)cc2C2CC2)c(F)c1. The van der Waals surface area contributed by atoms with Crippen LogP contribution < -0.4 is 4.74 Å². The summed E-state index contributed by atoms with van der Waals surface area (Å²) in [5.41, 5.74) is 5.91. The molecule has 0 N–H and O–H groups in total. The molecule has 0 saturated heterocycles. The van der Waals surface area contributed by atoms with Crippen molar-refractivity contribution in [2.75, 3.05) is 13.7 Å². The molecule has 7 rings (SSSR count). The Morgan fingerprint density at radius 1 is 1.00 bits per heavy atom. The fourth-order valence-corrected chi connectivity index (χ4v) is 7.90. The number of oxime groups is 1. The number of rotatable bonds is 10.